The number of halogens is 1. The molecule has 0 saturated heterocycles. The Hall–Kier alpha value is -2.01. The van der Waals surface area contributed by atoms with Gasteiger partial charge in [-0.15, -0.1) is 0 Å². The minimum atomic E-state index is -0.905. The van der Waals surface area contributed by atoms with Crippen molar-refractivity contribution in [1.29, 1.82) is 0 Å². The fourth-order valence-corrected chi connectivity index (χ4v) is 1.94. The van der Waals surface area contributed by atoms with Crippen LogP contribution in [0.2, 0.25) is 5.02 Å². The van der Waals surface area contributed by atoms with Crippen LogP contribution in [0.25, 0.3) is 11.3 Å². The number of nitrogens with zero attached hydrogens (tertiary/aromatic N) is 1. The Morgan fingerprint density at radius 3 is 2.94 bits per heavy atom. The van der Waals surface area contributed by atoms with E-state index in [0.717, 1.165) is 5.56 Å². The fourth-order valence-electron chi connectivity index (χ4n) is 1.68. The third kappa shape index (κ3) is 2.46. The van der Waals surface area contributed by atoms with Gasteiger partial charge < -0.3 is 9.84 Å². The Morgan fingerprint density at radius 2 is 2.33 bits per heavy atom. The summed E-state index contributed by atoms with van der Waals surface area (Å²) in [6, 6.07) is 5.23. The summed E-state index contributed by atoms with van der Waals surface area (Å²) in [4.78, 5) is 10.7. The molecule has 18 heavy (non-hydrogen) atoms. The minimum Gasteiger partial charge on any atom is -0.495 e. The van der Waals surface area contributed by atoms with Gasteiger partial charge in [0.1, 0.15) is 5.75 Å². The third-order valence-corrected chi connectivity index (χ3v) is 2.80. The molecule has 0 aliphatic carbocycles. The van der Waals surface area contributed by atoms with Crippen molar-refractivity contribution in [3.8, 4) is 17.0 Å². The van der Waals surface area contributed by atoms with Gasteiger partial charge >= 0.3 is 5.97 Å². The number of benzene rings is 1. The highest BCUT2D eigenvalue weighted by atomic mass is 35.5. The summed E-state index contributed by atoms with van der Waals surface area (Å²) in [6.45, 7) is 0. The van der Waals surface area contributed by atoms with Crippen LogP contribution in [0.15, 0.2) is 24.4 Å². The van der Waals surface area contributed by atoms with Crippen LogP contribution in [0.1, 0.15) is 5.56 Å². The third-order valence-electron chi connectivity index (χ3n) is 2.50. The molecule has 0 amide bonds. The first-order valence-corrected chi connectivity index (χ1v) is 5.57. The smallest absolute Gasteiger partial charge is 0.307 e. The average molecular weight is 267 g/mol. The van der Waals surface area contributed by atoms with E-state index in [9.17, 15) is 4.79 Å². The second kappa shape index (κ2) is 5.10. The van der Waals surface area contributed by atoms with Crippen LogP contribution in [0, 0.1) is 0 Å². The molecule has 2 aromatic rings. The van der Waals surface area contributed by atoms with Crippen LogP contribution in [0.3, 0.4) is 0 Å². The number of aromatic amines is 1. The number of aromatic nitrogens is 2. The molecule has 2 N–H and O–H groups in total. The molecule has 5 nitrogen and oxygen atoms in total. The van der Waals surface area contributed by atoms with Gasteiger partial charge in [-0.2, -0.15) is 5.10 Å². The molecule has 0 fully saturated rings. The van der Waals surface area contributed by atoms with Gasteiger partial charge in [-0.05, 0) is 18.2 Å². The molecule has 1 aromatic heterocycles. The Labute approximate surface area is 108 Å². The number of carboxylic acids is 1. The number of carbonyl (C=O) groups is 1. The van der Waals surface area contributed by atoms with Crippen molar-refractivity contribution in [2.45, 2.75) is 6.42 Å². The highest BCUT2D eigenvalue weighted by Gasteiger charge is 2.12. The highest BCUT2D eigenvalue weighted by Crippen LogP contribution is 2.30. The predicted octanol–water partition coefficient (Wildman–Crippen LogP) is 2.37. The van der Waals surface area contributed by atoms with Crippen LogP contribution in [-0.4, -0.2) is 28.4 Å². The fraction of sp³-hybridized carbons (Fsp3) is 0.167. The second-order valence-corrected chi connectivity index (χ2v) is 4.10. The SMILES string of the molecule is COc1ccc(-c2[nH]ncc2CC(=O)O)cc1Cl. The van der Waals surface area contributed by atoms with E-state index in [0.29, 0.717) is 22.0 Å². The lowest BCUT2D eigenvalue weighted by molar-refractivity contribution is -0.136. The molecule has 6 heteroatoms. The van der Waals surface area contributed by atoms with E-state index >= 15 is 0 Å². The average Bonchev–Trinajstić information content (AvgIpc) is 2.76. The molecule has 0 aliphatic heterocycles. The van der Waals surface area contributed by atoms with Gasteiger partial charge in [0.2, 0.25) is 0 Å². The summed E-state index contributed by atoms with van der Waals surface area (Å²) in [5.41, 5.74) is 2.04. The molecule has 0 saturated carbocycles. The van der Waals surface area contributed by atoms with Crippen molar-refractivity contribution < 1.29 is 14.6 Å². The number of aliphatic carboxylic acids is 1. The lowest BCUT2D eigenvalue weighted by atomic mass is 10.1. The lowest BCUT2D eigenvalue weighted by Gasteiger charge is -2.06. The van der Waals surface area contributed by atoms with Crippen LogP contribution in [-0.2, 0) is 11.2 Å². The molecule has 0 bridgehead atoms. The largest absolute Gasteiger partial charge is 0.495 e. The standard InChI is InChI=1S/C12H11ClN2O3/c1-18-10-3-2-7(4-9(10)13)12-8(5-11(16)17)6-14-15-12/h2-4,6H,5H2,1H3,(H,14,15)(H,16,17). The first-order valence-electron chi connectivity index (χ1n) is 5.19. The van der Waals surface area contributed by atoms with Crippen LogP contribution < -0.4 is 4.74 Å². The van der Waals surface area contributed by atoms with Crippen LogP contribution in [0.4, 0.5) is 0 Å². The van der Waals surface area contributed by atoms with Gasteiger partial charge in [0.25, 0.3) is 0 Å². The van der Waals surface area contributed by atoms with Crippen molar-refractivity contribution in [2.24, 2.45) is 0 Å². The summed E-state index contributed by atoms with van der Waals surface area (Å²) in [5, 5.41) is 15.9. The number of hydrogen-bond donors (Lipinski definition) is 2. The normalized spacial score (nSPS) is 10.3. The summed E-state index contributed by atoms with van der Waals surface area (Å²) in [5.74, 6) is -0.336. The number of ether oxygens (including phenoxy) is 1. The summed E-state index contributed by atoms with van der Waals surface area (Å²) < 4.78 is 5.06. The van der Waals surface area contributed by atoms with E-state index in [4.69, 9.17) is 21.4 Å². The molecule has 1 aromatic carbocycles. The van der Waals surface area contributed by atoms with Gasteiger partial charge in [0.05, 0.1) is 30.4 Å². The highest BCUT2D eigenvalue weighted by molar-refractivity contribution is 6.32. The molecule has 0 spiro atoms. The zero-order valence-corrected chi connectivity index (χ0v) is 10.4. The van der Waals surface area contributed by atoms with Gasteiger partial charge in [-0.1, -0.05) is 11.6 Å². The number of rotatable bonds is 4. The number of methoxy groups -OCH3 is 1. The number of hydrogen-bond acceptors (Lipinski definition) is 3. The maximum absolute atomic E-state index is 10.7. The van der Waals surface area contributed by atoms with Gasteiger partial charge in [-0.25, -0.2) is 0 Å². The van der Waals surface area contributed by atoms with E-state index in [1.165, 1.54) is 13.3 Å². The van der Waals surface area contributed by atoms with Crippen LogP contribution >= 0.6 is 11.6 Å². The predicted molar refractivity (Wildman–Crippen MR) is 66.9 cm³/mol. The van der Waals surface area contributed by atoms with E-state index in [1.807, 2.05) is 0 Å². The van der Waals surface area contributed by atoms with Gasteiger partial charge in [-0.3, -0.25) is 9.89 Å². The Bertz CT molecular complexity index is 580. The second-order valence-electron chi connectivity index (χ2n) is 3.69. The van der Waals surface area contributed by atoms with Crippen molar-refractivity contribution in [2.75, 3.05) is 7.11 Å². The van der Waals surface area contributed by atoms with Crippen molar-refractivity contribution in [3.63, 3.8) is 0 Å². The molecule has 0 atom stereocenters. The minimum absolute atomic E-state index is 0.0878. The van der Waals surface area contributed by atoms with Gasteiger partial charge in [0.15, 0.2) is 0 Å². The first-order chi connectivity index (χ1) is 8.61. The molecule has 0 unspecified atom stereocenters. The maximum Gasteiger partial charge on any atom is 0.307 e. The summed E-state index contributed by atoms with van der Waals surface area (Å²) >= 11 is 6.03. The zero-order chi connectivity index (χ0) is 13.1. The topological polar surface area (TPSA) is 75.2 Å². The molecular weight excluding hydrogens is 256 g/mol. The quantitative estimate of drug-likeness (QED) is 0.891. The summed E-state index contributed by atoms with van der Waals surface area (Å²) in [6.07, 6.45) is 1.41. The Kier molecular flexibility index (Phi) is 3.53. The van der Waals surface area contributed by atoms with E-state index in [2.05, 4.69) is 10.2 Å². The van der Waals surface area contributed by atoms with E-state index in [1.54, 1.807) is 18.2 Å². The number of nitrogens with one attached hydrogen (secondary N) is 1. The molecule has 2 rings (SSSR count). The zero-order valence-electron chi connectivity index (χ0n) is 9.61. The molecule has 94 valence electrons. The van der Waals surface area contributed by atoms with E-state index < -0.39 is 5.97 Å². The maximum atomic E-state index is 10.7. The summed E-state index contributed by atoms with van der Waals surface area (Å²) in [7, 11) is 1.53. The Balaban J connectivity index is 2.40. The number of H-pyrrole nitrogens is 1. The molecule has 1 heterocycles. The lowest BCUT2D eigenvalue weighted by Crippen LogP contribution is -2.00. The monoisotopic (exact) mass is 266 g/mol. The van der Waals surface area contributed by atoms with Crippen LogP contribution in [0.5, 0.6) is 5.75 Å². The number of carboxylic acid groups (broad SMARTS) is 1. The van der Waals surface area contributed by atoms with Gasteiger partial charge in [0, 0.05) is 11.1 Å². The van der Waals surface area contributed by atoms with E-state index in [-0.39, 0.29) is 6.42 Å². The van der Waals surface area contributed by atoms with Crippen molar-refractivity contribution >= 4 is 17.6 Å². The van der Waals surface area contributed by atoms with Crippen molar-refractivity contribution in [1.82, 2.24) is 10.2 Å². The molecule has 0 radical (unpaired) electrons. The Morgan fingerprint density at radius 1 is 1.56 bits per heavy atom. The molecular formula is C12H11ClN2O3. The first kappa shape index (κ1) is 12.4. The van der Waals surface area contributed by atoms with Crippen molar-refractivity contribution in [3.05, 3.63) is 35.0 Å². The molecule has 0 aliphatic rings.